The molecule has 0 saturated carbocycles. The van der Waals surface area contributed by atoms with Crippen molar-refractivity contribution in [2.24, 2.45) is 0 Å². The summed E-state index contributed by atoms with van der Waals surface area (Å²) in [6.07, 6.45) is 1.92. The highest BCUT2D eigenvalue weighted by molar-refractivity contribution is 7.99. The molecular formula is C18H19N3O2S2. The third kappa shape index (κ3) is 3.14. The summed E-state index contributed by atoms with van der Waals surface area (Å²) in [5.41, 5.74) is 4.02. The zero-order valence-electron chi connectivity index (χ0n) is 14.2. The number of benzene rings is 1. The fraction of sp³-hybridized carbons (Fsp3) is 0.333. The highest BCUT2D eigenvalue weighted by Gasteiger charge is 2.18. The average molecular weight is 374 g/mol. The van der Waals surface area contributed by atoms with Crippen LogP contribution in [0.1, 0.15) is 0 Å². The Labute approximate surface area is 155 Å². The predicted molar refractivity (Wildman–Crippen MR) is 105 cm³/mol. The topological polar surface area (TPSA) is 47.5 Å². The Morgan fingerprint density at radius 2 is 1.80 bits per heavy atom. The van der Waals surface area contributed by atoms with Crippen molar-refractivity contribution in [3.8, 4) is 22.6 Å². The van der Waals surface area contributed by atoms with Gasteiger partial charge in [-0.2, -0.15) is 16.1 Å². The van der Waals surface area contributed by atoms with Crippen molar-refractivity contribution >= 4 is 39.3 Å². The molecule has 4 rings (SSSR count). The number of methoxy groups -OCH3 is 2. The summed E-state index contributed by atoms with van der Waals surface area (Å²) in [6, 6.07) is 7.99. The maximum Gasteiger partial charge on any atom is 0.161 e. The highest BCUT2D eigenvalue weighted by Crippen LogP contribution is 2.35. The van der Waals surface area contributed by atoms with Crippen LogP contribution in [0.3, 0.4) is 0 Å². The zero-order valence-corrected chi connectivity index (χ0v) is 15.8. The quantitative estimate of drug-likeness (QED) is 0.691. The van der Waals surface area contributed by atoms with Gasteiger partial charge in [-0.25, -0.2) is 0 Å². The van der Waals surface area contributed by atoms with Gasteiger partial charge in [0, 0.05) is 36.4 Å². The molecule has 3 aromatic rings. The summed E-state index contributed by atoms with van der Waals surface area (Å²) < 4.78 is 15.3. The molecule has 130 valence electrons. The summed E-state index contributed by atoms with van der Waals surface area (Å²) in [6.45, 7) is 2.14. The second-order valence-corrected chi connectivity index (χ2v) is 7.73. The lowest BCUT2D eigenvalue weighted by Gasteiger charge is -2.26. The number of hydrogen-bond donors (Lipinski definition) is 0. The minimum atomic E-state index is 0.713. The minimum Gasteiger partial charge on any atom is -0.493 e. The van der Waals surface area contributed by atoms with E-state index in [1.165, 1.54) is 16.5 Å². The first-order chi connectivity index (χ1) is 12.3. The second-order valence-electron chi connectivity index (χ2n) is 5.75. The Balaban J connectivity index is 1.70. The van der Waals surface area contributed by atoms with E-state index in [9.17, 15) is 0 Å². The molecule has 0 N–H and O–H groups in total. The molecule has 25 heavy (non-hydrogen) atoms. The van der Waals surface area contributed by atoms with Crippen LogP contribution in [0.4, 0.5) is 5.00 Å². The van der Waals surface area contributed by atoms with Gasteiger partial charge in [0.1, 0.15) is 16.0 Å². The normalized spacial score (nSPS) is 14.7. The smallest absolute Gasteiger partial charge is 0.161 e. The zero-order chi connectivity index (χ0) is 17.2. The van der Waals surface area contributed by atoms with Gasteiger partial charge in [0.25, 0.3) is 0 Å². The van der Waals surface area contributed by atoms with E-state index in [-0.39, 0.29) is 0 Å². The largest absolute Gasteiger partial charge is 0.493 e. The molecule has 3 heterocycles. The molecule has 0 bridgehead atoms. The van der Waals surface area contributed by atoms with Crippen molar-refractivity contribution in [3.63, 3.8) is 0 Å². The predicted octanol–water partition coefficient (Wildman–Crippen LogP) is 3.93. The van der Waals surface area contributed by atoms with Gasteiger partial charge in [-0.1, -0.05) is 6.07 Å². The monoisotopic (exact) mass is 373 g/mol. The number of pyridine rings is 1. The van der Waals surface area contributed by atoms with Crippen LogP contribution in [0.2, 0.25) is 0 Å². The summed E-state index contributed by atoms with van der Waals surface area (Å²) in [4.78, 5) is 7.12. The number of thioether (sulfide) groups is 1. The lowest BCUT2D eigenvalue weighted by atomic mass is 10.1. The first kappa shape index (κ1) is 16.5. The first-order valence-corrected chi connectivity index (χ1v) is 10.0. The molecule has 0 unspecified atom stereocenters. The van der Waals surface area contributed by atoms with Crippen LogP contribution < -0.4 is 14.4 Å². The number of ether oxygens (including phenoxy) is 2. The molecule has 1 fully saturated rings. The van der Waals surface area contributed by atoms with Crippen LogP contribution in [-0.4, -0.2) is 48.2 Å². The molecule has 1 aromatic carbocycles. The van der Waals surface area contributed by atoms with E-state index >= 15 is 0 Å². The Morgan fingerprint density at radius 1 is 1.00 bits per heavy atom. The minimum absolute atomic E-state index is 0.713. The molecule has 1 saturated heterocycles. The Kier molecular flexibility index (Phi) is 4.67. The van der Waals surface area contributed by atoms with E-state index < -0.39 is 0 Å². The summed E-state index contributed by atoms with van der Waals surface area (Å²) in [5.74, 6) is 3.77. The van der Waals surface area contributed by atoms with Crippen LogP contribution >= 0.6 is 23.3 Å². The van der Waals surface area contributed by atoms with Gasteiger partial charge in [0.15, 0.2) is 11.5 Å². The molecule has 0 spiro atoms. The SMILES string of the molecule is COc1ccc(-c2cnc3c(N4CCSCC4)snc3c2)cc1OC. The number of aromatic nitrogens is 2. The molecule has 0 aliphatic carbocycles. The molecule has 0 atom stereocenters. The summed E-state index contributed by atoms with van der Waals surface area (Å²) >= 11 is 3.55. The molecule has 1 aliphatic heterocycles. The number of rotatable bonds is 4. The van der Waals surface area contributed by atoms with Crippen molar-refractivity contribution in [1.29, 1.82) is 0 Å². The molecule has 7 heteroatoms. The van der Waals surface area contributed by atoms with E-state index in [0.29, 0.717) is 5.75 Å². The Bertz CT molecular complexity index is 891. The van der Waals surface area contributed by atoms with Gasteiger partial charge in [0.05, 0.1) is 14.2 Å². The fourth-order valence-electron chi connectivity index (χ4n) is 2.97. The van der Waals surface area contributed by atoms with Crippen LogP contribution in [0.25, 0.3) is 22.2 Å². The molecule has 5 nitrogen and oxygen atoms in total. The van der Waals surface area contributed by atoms with Crippen molar-refractivity contribution in [3.05, 3.63) is 30.5 Å². The van der Waals surface area contributed by atoms with Crippen LogP contribution in [0.5, 0.6) is 11.5 Å². The van der Waals surface area contributed by atoms with E-state index in [1.54, 1.807) is 25.8 Å². The number of fused-ring (bicyclic) bond motifs is 1. The number of nitrogens with zero attached hydrogens (tertiary/aromatic N) is 3. The molecular weight excluding hydrogens is 354 g/mol. The third-order valence-corrected chi connectivity index (χ3v) is 6.17. The molecule has 1 aliphatic rings. The molecule has 2 aromatic heterocycles. The standard InChI is InChI=1S/C18H19N3O2S2/c1-22-15-4-3-12(10-16(15)23-2)13-9-14-17(19-11-13)18(25-20-14)21-5-7-24-8-6-21/h3-4,9-11H,5-8H2,1-2H3. The van der Waals surface area contributed by atoms with Gasteiger partial charge in [-0.05, 0) is 35.3 Å². The van der Waals surface area contributed by atoms with Gasteiger partial charge >= 0.3 is 0 Å². The Hall–Kier alpha value is -1.99. The highest BCUT2D eigenvalue weighted by atomic mass is 32.2. The van der Waals surface area contributed by atoms with Gasteiger partial charge in [0.2, 0.25) is 0 Å². The first-order valence-electron chi connectivity index (χ1n) is 8.10. The number of hydrogen-bond acceptors (Lipinski definition) is 7. The van der Waals surface area contributed by atoms with E-state index in [1.807, 2.05) is 36.2 Å². The molecule has 0 radical (unpaired) electrons. The van der Waals surface area contributed by atoms with E-state index in [4.69, 9.17) is 14.5 Å². The average Bonchev–Trinajstić information content (AvgIpc) is 3.11. The Morgan fingerprint density at radius 3 is 2.56 bits per heavy atom. The van der Waals surface area contributed by atoms with Crippen molar-refractivity contribution in [2.75, 3.05) is 43.7 Å². The third-order valence-electron chi connectivity index (χ3n) is 4.32. The van der Waals surface area contributed by atoms with Crippen LogP contribution in [-0.2, 0) is 0 Å². The van der Waals surface area contributed by atoms with Crippen molar-refractivity contribution < 1.29 is 9.47 Å². The van der Waals surface area contributed by atoms with Gasteiger partial charge < -0.3 is 14.4 Å². The van der Waals surface area contributed by atoms with E-state index in [0.717, 1.165) is 41.0 Å². The molecule has 0 amide bonds. The van der Waals surface area contributed by atoms with Crippen molar-refractivity contribution in [2.45, 2.75) is 0 Å². The second kappa shape index (κ2) is 7.09. The van der Waals surface area contributed by atoms with Crippen LogP contribution in [0.15, 0.2) is 30.5 Å². The fourth-order valence-corrected chi connectivity index (χ4v) is 4.74. The summed E-state index contributed by atoms with van der Waals surface area (Å²) in [5, 5.41) is 1.19. The number of anilines is 1. The summed E-state index contributed by atoms with van der Waals surface area (Å²) in [7, 11) is 3.29. The lowest BCUT2D eigenvalue weighted by Crippen LogP contribution is -2.31. The lowest BCUT2D eigenvalue weighted by molar-refractivity contribution is 0.355. The maximum absolute atomic E-state index is 5.40. The van der Waals surface area contributed by atoms with Gasteiger partial charge in [-0.3, -0.25) is 4.98 Å². The van der Waals surface area contributed by atoms with Crippen molar-refractivity contribution in [1.82, 2.24) is 9.36 Å². The van der Waals surface area contributed by atoms with Gasteiger partial charge in [-0.15, -0.1) is 0 Å². The van der Waals surface area contributed by atoms with Crippen LogP contribution in [0, 0.1) is 0 Å². The van der Waals surface area contributed by atoms with E-state index in [2.05, 4.69) is 15.3 Å². The maximum atomic E-state index is 5.40.